The van der Waals surface area contributed by atoms with E-state index in [-0.39, 0.29) is 26.5 Å². The fourth-order valence-corrected chi connectivity index (χ4v) is 10.4. The molecular weight excluding hydrogens is 809 g/mol. The van der Waals surface area contributed by atoms with Crippen LogP contribution in [0.3, 0.4) is 0 Å². The molecule has 0 bridgehead atoms. The van der Waals surface area contributed by atoms with Gasteiger partial charge < -0.3 is 15.7 Å². The summed E-state index contributed by atoms with van der Waals surface area (Å²) in [7, 11) is -19.5. The number of aryl methyl sites for hydroxylation is 4. The smallest absolute Gasteiger partial charge is 0.298 e. The molecule has 5 aromatic rings. The number of hydrogen-bond acceptors (Lipinski definition) is 11. The predicted octanol–water partition coefficient (Wildman–Crippen LogP) is 6.90. The minimum absolute atomic E-state index is 0.252. The summed E-state index contributed by atoms with van der Waals surface area (Å²) in [5.74, 6) is -2.14. The molecule has 0 aliphatic carbocycles. The molecule has 5 rings (SSSR count). The van der Waals surface area contributed by atoms with Gasteiger partial charge in [0.2, 0.25) is 0 Å². The zero-order valence-corrected chi connectivity index (χ0v) is 33.9. The van der Waals surface area contributed by atoms with Crippen molar-refractivity contribution < 1.29 is 57.0 Å². The summed E-state index contributed by atoms with van der Waals surface area (Å²) in [4.78, 5) is -2.59. The molecule has 0 aliphatic rings. The van der Waals surface area contributed by atoms with Gasteiger partial charge in [-0.1, -0.05) is 36.4 Å². The molecule has 0 spiro atoms. The Morgan fingerprint density at radius 1 is 0.464 bits per heavy atom. The third kappa shape index (κ3) is 8.59. The predicted molar refractivity (Wildman–Crippen MR) is 209 cm³/mol. The molecule has 0 aromatic heterocycles. The van der Waals surface area contributed by atoms with Crippen molar-refractivity contribution in [3.63, 3.8) is 0 Å². The van der Waals surface area contributed by atoms with Crippen molar-refractivity contribution in [3.8, 4) is 5.75 Å². The Hall–Kier alpha value is -4.86. The van der Waals surface area contributed by atoms with Gasteiger partial charge in [-0.25, -0.2) is 0 Å². The second kappa shape index (κ2) is 14.9. The summed E-state index contributed by atoms with van der Waals surface area (Å²) in [6.45, 7) is 9.65. The highest BCUT2D eigenvalue weighted by Gasteiger charge is 2.30. The van der Waals surface area contributed by atoms with Gasteiger partial charge in [0.1, 0.15) is 20.4 Å². The SMILES string of the molecule is Cc1cc(C)c(S(=O)(=O)O)c(C)c1Nc1ccc(C(c2ccc(Nc3c(C)cc(C)c(S(=O)(=O)O)c3C)cc2)c2cc(O)c(S(=O)(=O)O)cc2S(=O)(=O)O)cc1. The lowest BCUT2D eigenvalue weighted by atomic mass is 9.84. The van der Waals surface area contributed by atoms with Crippen LogP contribution in [0.4, 0.5) is 22.7 Å². The van der Waals surface area contributed by atoms with E-state index >= 15 is 0 Å². The summed E-state index contributed by atoms with van der Waals surface area (Å²) in [5.41, 5.74) is 4.68. The largest absolute Gasteiger partial charge is 0.506 e. The quantitative estimate of drug-likeness (QED) is 0.0527. The van der Waals surface area contributed by atoms with Crippen LogP contribution in [0.2, 0.25) is 0 Å². The second-order valence-electron chi connectivity index (χ2n) is 13.4. The van der Waals surface area contributed by atoms with Crippen molar-refractivity contribution in [2.75, 3.05) is 10.6 Å². The molecule has 7 N–H and O–H groups in total. The molecule has 0 atom stereocenters. The Morgan fingerprint density at radius 3 is 1.14 bits per heavy atom. The normalized spacial score (nSPS) is 12.6. The number of hydrogen-bond donors (Lipinski definition) is 7. The van der Waals surface area contributed by atoms with Crippen molar-refractivity contribution in [1.82, 2.24) is 0 Å². The van der Waals surface area contributed by atoms with Crippen LogP contribution in [0.25, 0.3) is 0 Å². The highest BCUT2D eigenvalue weighted by atomic mass is 32.2. The summed E-state index contributed by atoms with van der Waals surface area (Å²) in [6.07, 6.45) is 0. The minimum Gasteiger partial charge on any atom is -0.506 e. The number of phenolic OH excluding ortho intramolecular Hbond substituents is 1. The fourth-order valence-electron chi connectivity index (χ4n) is 7.09. The Bertz CT molecular complexity index is 2720. The number of nitrogens with one attached hydrogen (secondary N) is 2. The van der Waals surface area contributed by atoms with Crippen LogP contribution in [-0.4, -0.2) is 57.0 Å². The Labute approximate surface area is 325 Å². The number of phenols is 1. The molecule has 0 aliphatic heterocycles. The maximum atomic E-state index is 12.8. The van der Waals surface area contributed by atoms with Crippen LogP contribution >= 0.6 is 0 Å². The van der Waals surface area contributed by atoms with Crippen LogP contribution in [-0.2, 0) is 40.5 Å². The van der Waals surface area contributed by atoms with Crippen molar-refractivity contribution >= 4 is 63.2 Å². The standard InChI is InChI=1S/C37H38N2O13S4/c1-19-15-21(3)36(55(47,48)49)23(5)34(19)38-27-11-7-25(8-12-27)33(29-17-30(40)32(54(44,45)46)18-31(29)53(41,42)43)26-9-13-28(14-10-26)39-35-20(2)16-22(4)37(24(35)6)56(50,51)52/h7-18,33,38-40H,1-6H3,(H,41,42,43)(H,44,45,46)(H,47,48,49)(H,50,51,52). The fraction of sp³-hybridized carbons (Fsp3) is 0.189. The van der Waals surface area contributed by atoms with Gasteiger partial charge in [-0.2, -0.15) is 33.7 Å². The first-order valence-electron chi connectivity index (χ1n) is 16.4. The summed E-state index contributed by atoms with van der Waals surface area (Å²) in [6, 6.07) is 17.0. The van der Waals surface area contributed by atoms with Crippen LogP contribution in [0.1, 0.15) is 56.0 Å². The topological polar surface area (TPSA) is 262 Å². The monoisotopic (exact) mass is 846 g/mol. The molecule has 0 heterocycles. The second-order valence-corrected chi connectivity index (χ2v) is 18.9. The average Bonchev–Trinajstić information content (AvgIpc) is 3.03. The van der Waals surface area contributed by atoms with Gasteiger partial charge in [0.25, 0.3) is 40.5 Å². The third-order valence-corrected chi connectivity index (χ3v) is 13.4. The molecule has 0 saturated heterocycles. The average molecular weight is 847 g/mol. The van der Waals surface area contributed by atoms with E-state index in [1.165, 1.54) is 13.8 Å². The van der Waals surface area contributed by atoms with Crippen molar-refractivity contribution in [2.45, 2.75) is 67.0 Å². The summed E-state index contributed by atoms with van der Waals surface area (Å²) in [5, 5.41) is 17.0. The molecule has 0 fully saturated rings. The van der Waals surface area contributed by atoms with Gasteiger partial charge in [-0.15, -0.1) is 0 Å². The van der Waals surface area contributed by atoms with Gasteiger partial charge in [-0.05, 0) is 128 Å². The van der Waals surface area contributed by atoms with E-state index in [0.717, 1.165) is 6.07 Å². The van der Waals surface area contributed by atoms with Crippen LogP contribution in [0.15, 0.2) is 92.4 Å². The molecule has 19 heteroatoms. The van der Waals surface area contributed by atoms with Gasteiger partial charge in [0.05, 0.1) is 4.90 Å². The number of benzene rings is 5. The van der Waals surface area contributed by atoms with Crippen LogP contribution in [0.5, 0.6) is 5.75 Å². The van der Waals surface area contributed by atoms with Crippen LogP contribution in [0, 0.1) is 41.5 Å². The molecule has 56 heavy (non-hydrogen) atoms. The van der Waals surface area contributed by atoms with E-state index in [1.807, 2.05) is 0 Å². The molecule has 5 aromatic carbocycles. The Balaban J connectivity index is 1.66. The lowest BCUT2D eigenvalue weighted by Gasteiger charge is -2.23. The third-order valence-electron chi connectivity index (χ3n) is 9.30. The van der Waals surface area contributed by atoms with Gasteiger partial charge in [-0.3, -0.25) is 18.2 Å². The summed E-state index contributed by atoms with van der Waals surface area (Å²) >= 11 is 0. The molecule has 0 unspecified atom stereocenters. The van der Waals surface area contributed by atoms with Gasteiger partial charge >= 0.3 is 0 Å². The first-order chi connectivity index (χ1) is 25.7. The van der Waals surface area contributed by atoms with Crippen molar-refractivity contribution in [1.29, 1.82) is 0 Å². The lowest BCUT2D eigenvalue weighted by Crippen LogP contribution is -2.13. The molecule has 0 amide bonds. The van der Waals surface area contributed by atoms with E-state index < -0.39 is 61.9 Å². The maximum absolute atomic E-state index is 12.8. The van der Waals surface area contributed by atoms with Crippen LogP contribution < -0.4 is 10.6 Å². The van der Waals surface area contributed by atoms with E-state index in [9.17, 15) is 57.0 Å². The molecule has 298 valence electrons. The van der Waals surface area contributed by atoms with Crippen molar-refractivity contribution in [3.05, 3.63) is 123 Å². The number of anilines is 4. The highest BCUT2D eigenvalue weighted by molar-refractivity contribution is 7.87. The van der Waals surface area contributed by atoms with Gasteiger partial charge in [0.15, 0.2) is 0 Å². The first-order valence-corrected chi connectivity index (χ1v) is 22.2. The highest BCUT2D eigenvalue weighted by Crippen LogP contribution is 2.42. The maximum Gasteiger partial charge on any atom is 0.298 e. The molecule has 15 nitrogen and oxygen atoms in total. The first kappa shape index (κ1) is 42.3. The van der Waals surface area contributed by atoms with E-state index in [1.54, 1.807) is 88.4 Å². The van der Waals surface area contributed by atoms with Crippen molar-refractivity contribution in [2.24, 2.45) is 0 Å². The van der Waals surface area contributed by atoms with E-state index in [0.29, 0.717) is 62.2 Å². The Kier molecular flexibility index (Phi) is 11.3. The molecule has 0 radical (unpaired) electrons. The summed E-state index contributed by atoms with van der Waals surface area (Å²) < 4.78 is 138. The number of aromatic hydroxyl groups is 1. The Morgan fingerprint density at radius 2 is 0.821 bits per heavy atom. The lowest BCUT2D eigenvalue weighted by molar-refractivity contribution is 0.440. The van der Waals surface area contributed by atoms with Gasteiger partial charge in [0, 0.05) is 28.7 Å². The molecular formula is C37H38N2O13S4. The number of rotatable bonds is 11. The zero-order valence-electron chi connectivity index (χ0n) is 30.6. The zero-order chi connectivity index (χ0) is 41.9. The van der Waals surface area contributed by atoms with E-state index in [2.05, 4.69) is 10.6 Å². The van der Waals surface area contributed by atoms with E-state index in [4.69, 9.17) is 0 Å². The molecule has 0 saturated carbocycles. The minimum atomic E-state index is -5.20.